The van der Waals surface area contributed by atoms with E-state index in [4.69, 9.17) is 18.4 Å². The maximum Gasteiger partial charge on any atom is 0.297 e. The monoisotopic (exact) mass is 470 g/mol. The summed E-state index contributed by atoms with van der Waals surface area (Å²) >= 11 is 0. The van der Waals surface area contributed by atoms with E-state index >= 15 is 0 Å². The summed E-state index contributed by atoms with van der Waals surface area (Å²) in [5, 5.41) is 2.23. The second kappa shape index (κ2) is 11.2. The lowest BCUT2D eigenvalue weighted by Gasteiger charge is -2.28. The van der Waals surface area contributed by atoms with Gasteiger partial charge in [-0.15, -0.1) is 0 Å². The zero-order chi connectivity index (χ0) is 23.1. The van der Waals surface area contributed by atoms with E-state index in [2.05, 4.69) is 18.2 Å². The molecule has 0 bridgehead atoms. The highest BCUT2D eigenvalue weighted by Gasteiger charge is 2.23. The number of hydrogen-bond donors (Lipinski definition) is 0. The first kappa shape index (κ1) is 23.9. The second-order valence-electron chi connectivity index (χ2n) is 8.11. The lowest BCUT2D eigenvalue weighted by molar-refractivity contribution is -0.200. The Balaban J connectivity index is 1.40. The summed E-state index contributed by atoms with van der Waals surface area (Å²) in [4.78, 5) is 0.177. The van der Waals surface area contributed by atoms with Crippen LogP contribution in [0.4, 0.5) is 0 Å². The minimum Gasteiger partial charge on any atom is -0.376 e. The van der Waals surface area contributed by atoms with Crippen molar-refractivity contribution in [2.45, 2.75) is 43.5 Å². The van der Waals surface area contributed by atoms with Crippen LogP contribution in [0.1, 0.15) is 36.5 Å². The van der Waals surface area contributed by atoms with Crippen LogP contribution >= 0.6 is 0 Å². The summed E-state index contributed by atoms with van der Waals surface area (Å²) in [5.74, 6) is 0. The van der Waals surface area contributed by atoms with Gasteiger partial charge in [0, 0.05) is 6.61 Å². The molecule has 0 N–H and O–H groups in total. The average Bonchev–Trinajstić information content (AvgIpc) is 2.83. The molecular formula is C26H30O6S. The second-order valence-corrected chi connectivity index (χ2v) is 9.69. The van der Waals surface area contributed by atoms with Gasteiger partial charge in [-0.1, -0.05) is 60.7 Å². The number of ether oxygens (including phenoxy) is 3. The highest BCUT2D eigenvalue weighted by molar-refractivity contribution is 7.86. The van der Waals surface area contributed by atoms with Crippen LogP contribution in [0.15, 0.2) is 71.6 Å². The van der Waals surface area contributed by atoms with Crippen LogP contribution in [-0.2, 0) is 28.5 Å². The third-order valence-electron chi connectivity index (χ3n) is 5.72. The molecule has 0 amide bonds. The van der Waals surface area contributed by atoms with E-state index in [0.717, 1.165) is 35.6 Å². The Morgan fingerprint density at radius 1 is 0.970 bits per heavy atom. The van der Waals surface area contributed by atoms with E-state index in [9.17, 15) is 8.42 Å². The van der Waals surface area contributed by atoms with Crippen LogP contribution in [0.5, 0.6) is 0 Å². The van der Waals surface area contributed by atoms with Crippen molar-refractivity contribution >= 4 is 20.9 Å². The maximum atomic E-state index is 12.5. The fourth-order valence-corrected chi connectivity index (χ4v) is 5.15. The normalized spacial score (nSPS) is 17.8. The molecular weight excluding hydrogens is 440 g/mol. The molecule has 0 aliphatic carbocycles. The molecule has 0 saturated carbocycles. The first-order valence-corrected chi connectivity index (χ1v) is 12.7. The van der Waals surface area contributed by atoms with Crippen LogP contribution in [-0.4, -0.2) is 41.1 Å². The van der Waals surface area contributed by atoms with Crippen molar-refractivity contribution in [3.63, 3.8) is 0 Å². The zero-order valence-electron chi connectivity index (χ0n) is 18.8. The molecule has 0 spiro atoms. The van der Waals surface area contributed by atoms with Gasteiger partial charge in [0.2, 0.25) is 0 Å². The van der Waals surface area contributed by atoms with Gasteiger partial charge < -0.3 is 14.2 Å². The molecule has 2 atom stereocenters. The SMILES string of the molecule is Cc1ccccc1S(=O)(=O)OCCOCC(OC1CCCCO1)c1cccc2ccccc12. The molecule has 1 heterocycles. The van der Waals surface area contributed by atoms with Crippen molar-refractivity contribution < 1.29 is 26.8 Å². The van der Waals surface area contributed by atoms with Gasteiger partial charge in [-0.2, -0.15) is 8.42 Å². The molecule has 1 aliphatic rings. The minimum atomic E-state index is -3.83. The van der Waals surface area contributed by atoms with Crippen molar-refractivity contribution in [1.29, 1.82) is 0 Å². The molecule has 1 aliphatic heterocycles. The predicted molar refractivity (Wildman–Crippen MR) is 127 cm³/mol. The van der Waals surface area contributed by atoms with E-state index in [1.807, 2.05) is 24.3 Å². The van der Waals surface area contributed by atoms with E-state index < -0.39 is 10.1 Å². The van der Waals surface area contributed by atoms with Gasteiger partial charge in [0.05, 0.1) is 24.7 Å². The number of fused-ring (bicyclic) bond motifs is 1. The Labute approximate surface area is 195 Å². The molecule has 2 unspecified atom stereocenters. The Hall–Kier alpha value is -2.29. The number of hydrogen-bond acceptors (Lipinski definition) is 6. The molecule has 176 valence electrons. The molecule has 6 nitrogen and oxygen atoms in total. The zero-order valence-corrected chi connectivity index (χ0v) is 19.6. The summed E-state index contributed by atoms with van der Waals surface area (Å²) in [6.45, 7) is 2.76. The summed E-state index contributed by atoms with van der Waals surface area (Å²) in [5.41, 5.74) is 1.67. The average molecular weight is 471 g/mol. The molecule has 7 heteroatoms. The molecule has 1 saturated heterocycles. The Morgan fingerprint density at radius 3 is 2.58 bits per heavy atom. The molecule has 3 aromatic rings. The number of benzene rings is 3. The van der Waals surface area contributed by atoms with Crippen LogP contribution in [0.2, 0.25) is 0 Å². The summed E-state index contributed by atoms with van der Waals surface area (Å²) < 4.78 is 48.0. The van der Waals surface area contributed by atoms with Crippen molar-refractivity contribution in [1.82, 2.24) is 0 Å². The molecule has 4 rings (SSSR count). The third-order valence-corrected chi connectivity index (χ3v) is 7.20. The van der Waals surface area contributed by atoms with Gasteiger partial charge in [0.1, 0.15) is 6.10 Å². The van der Waals surface area contributed by atoms with Gasteiger partial charge in [-0.3, -0.25) is 4.18 Å². The van der Waals surface area contributed by atoms with Crippen molar-refractivity contribution in [2.24, 2.45) is 0 Å². The summed E-state index contributed by atoms with van der Waals surface area (Å²) in [6.07, 6.45) is 2.34. The van der Waals surface area contributed by atoms with Gasteiger partial charge >= 0.3 is 0 Å². The quantitative estimate of drug-likeness (QED) is 0.301. The Kier molecular flexibility index (Phi) is 8.11. The minimum absolute atomic E-state index is 0.0706. The van der Waals surface area contributed by atoms with Crippen LogP contribution in [0.25, 0.3) is 10.8 Å². The first-order chi connectivity index (χ1) is 16.0. The third kappa shape index (κ3) is 6.19. The number of aryl methyl sites for hydroxylation is 1. The molecule has 0 aromatic heterocycles. The molecule has 1 fully saturated rings. The van der Waals surface area contributed by atoms with E-state index in [1.165, 1.54) is 0 Å². The van der Waals surface area contributed by atoms with Crippen molar-refractivity contribution in [3.8, 4) is 0 Å². The van der Waals surface area contributed by atoms with Crippen LogP contribution in [0.3, 0.4) is 0 Å². The maximum absolute atomic E-state index is 12.5. The fraction of sp³-hybridized carbons (Fsp3) is 0.385. The summed E-state index contributed by atoms with van der Waals surface area (Å²) in [6, 6.07) is 21.0. The number of rotatable bonds is 10. The lowest BCUT2D eigenvalue weighted by Crippen LogP contribution is -2.27. The Bertz CT molecular complexity index is 1150. The van der Waals surface area contributed by atoms with Gasteiger partial charge in [0.15, 0.2) is 6.29 Å². The van der Waals surface area contributed by atoms with Crippen molar-refractivity contribution in [3.05, 3.63) is 77.9 Å². The van der Waals surface area contributed by atoms with Gasteiger partial charge in [0.25, 0.3) is 10.1 Å². The van der Waals surface area contributed by atoms with Gasteiger partial charge in [-0.05, 0) is 54.2 Å². The van der Waals surface area contributed by atoms with Crippen molar-refractivity contribution in [2.75, 3.05) is 26.4 Å². The molecule has 3 aromatic carbocycles. The topological polar surface area (TPSA) is 71.1 Å². The van der Waals surface area contributed by atoms with E-state index in [1.54, 1.807) is 31.2 Å². The predicted octanol–water partition coefficient (Wildman–Crippen LogP) is 5.15. The lowest BCUT2D eigenvalue weighted by atomic mass is 10.0. The largest absolute Gasteiger partial charge is 0.376 e. The smallest absolute Gasteiger partial charge is 0.297 e. The van der Waals surface area contributed by atoms with E-state index in [-0.39, 0.29) is 37.1 Å². The summed E-state index contributed by atoms with van der Waals surface area (Å²) in [7, 11) is -3.83. The molecule has 0 radical (unpaired) electrons. The molecule has 33 heavy (non-hydrogen) atoms. The highest BCUT2D eigenvalue weighted by Crippen LogP contribution is 2.30. The fourth-order valence-electron chi connectivity index (χ4n) is 4.03. The van der Waals surface area contributed by atoms with Crippen LogP contribution in [0, 0.1) is 6.92 Å². The Morgan fingerprint density at radius 2 is 1.76 bits per heavy atom. The first-order valence-electron chi connectivity index (χ1n) is 11.3. The van der Waals surface area contributed by atoms with Crippen LogP contribution < -0.4 is 0 Å². The standard InChI is InChI=1S/C26H30O6S/c1-20-9-2-5-14-25(20)33(27,28)31-18-17-29-19-24(32-26-15-6-7-16-30-26)23-13-8-11-21-10-3-4-12-22(21)23/h2-5,8-14,24,26H,6-7,15-19H2,1H3. The van der Waals surface area contributed by atoms with Gasteiger partial charge in [-0.25, -0.2) is 0 Å². The van der Waals surface area contributed by atoms with E-state index in [0.29, 0.717) is 12.2 Å². The highest BCUT2D eigenvalue weighted by atomic mass is 32.2.